The van der Waals surface area contributed by atoms with Crippen molar-refractivity contribution in [1.29, 1.82) is 0 Å². The molecule has 0 unspecified atom stereocenters. The average Bonchev–Trinajstić information content (AvgIpc) is 2.40. The van der Waals surface area contributed by atoms with Crippen molar-refractivity contribution in [3.8, 4) is 5.75 Å². The summed E-state index contributed by atoms with van der Waals surface area (Å²) in [5.74, 6) is 0.786. The van der Waals surface area contributed by atoms with Crippen LogP contribution in [-0.2, 0) is 6.42 Å². The molecule has 0 radical (unpaired) electrons. The predicted octanol–water partition coefficient (Wildman–Crippen LogP) is 2.82. The van der Waals surface area contributed by atoms with Gasteiger partial charge in [0.1, 0.15) is 12.0 Å². The van der Waals surface area contributed by atoms with E-state index in [-0.39, 0.29) is 0 Å². The summed E-state index contributed by atoms with van der Waals surface area (Å²) in [7, 11) is 0. The fourth-order valence-electron chi connectivity index (χ4n) is 1.69. The average molecular weight is 241 g/mol. The lowest BCUT2D eigenvalue weighted by Crippen LogP contribution is -2.03. The molecule has 18 heavy (non-hydrogen) atoms. The number of aryl methyl sites for hydroxylation is 1. The predicted molar refractivity (Wildman–Crippen MR) is 70.0 cm³/mol. The molecule has 0 amide bonds. The van der Waals surface area contributed by atoms with Crippen molar-refractivity contribution < 1.29 is 9.53 Å². The van der Waals surface area contributed by atoms with Gasteiger partial charge in [0.05, 0.1) is 6.61 Å². The molecule has 0 fully saturated rings. The third-order valence-corrected chi connectivity index (χ3v) is 2.72. The molecular weight excluding hydrogens is 226 g/mol. The molecule has 3 heteroatoms. The molecular formula is C15H15NO2. The Kier molecular flexibility index (Phi) is 4.07. The zero-order chi connectivity index (χ0) is 12.8. The van der Waals surface area contributed by atoms with Gasteiger partial charge in [-0.1, -0.05) is 6.07 Å². The lowest BCUT2D eigenvalue weighted by Gasteiger charge is -2.07. The van der Waals surface area contributed by atoms with Gasteiger partial charge in [-0.05, 0) is 42.8 Å². The molecule has 0 aliphatic heterocycles. The number of ether oxygens (including phenoxy) is 1. The number of nitrogens with zero attached hydrogens (tertiary/aromatic N) is 1. The number of hydrogen-bond donors (Lipinski definition) is 0. The molecule has 2 aromatic rings. The monoisotopic (exact) mass is 241 g/mol. The Labute approximate surface area is 106 Å². The van der Waals surface area contributed by atoms with Gasteiger partial charge >= 0.3 is 0 Å². The van der Waals surface area contributed by atoms with Gasteiger partial charge < -0.3 is 4.74 Å². The molecule has 0 saturated heterocycles. The molecule has 1 aromatic heterocycles. The Morgan fingerprint density at radius 3 is 2.83 bits per heavy atom. The van der Waals surface area contributed by atoms with Crippen LogP contribution in [0.2, 0.25) is 0 Å². The molecule has 0 bridgehead atoms. The van der Waals surface area contributed by atoms with E-state index in [0.717, 1.165) is 29.7 Å². The summed E-state index contributed by atoms with van der Waals surface area (Å²) in [6, 6.07) is 11.3. The van der Waals surface area contributed by atoms with Gasteiger partial charge in [0.2, 0.25) is 0 Å². The van der Waals surface area contributed by atoms with Crippen molar-refractivity contribution >= 4 is 6.29 Å². The minimum atomic E-state index is 0.580. The van der Waals surface area contributed by atoms with Crippen LogP contribution in [0.5, 0.6) is 5.75 Å². The van der Waals surface area contributed by atoms with Crippen LogP contribution in [0, 0.1) is 6.92 Å². The highest BCUT2D eigenvalue weighted by Gasteiger charge is 2.00. The van der Waals surface area contributed by atoms with Crippen LogP contribution < -0.4 is 4.74 Å². The molecule has 2 rings (SSSR count). The first-order valence-corrected chi connectivity index (χ1v) is 5.88. The van der Waals surface area contributed by atoms with Crippen LogP contribution in [0.15, 0.2) is 42.6 Å². The van der Waals surface area contributed by atoms with Crippen LogP contribution in [-0.4, -0.2) is 17.9 Å². The Balaban J connectivity index is 1.91. The second-order valence-corrected chi connectivity index (χ2v) is 4.06. The Morgan fingerprint density at radius 2 is 2.17 bits per heavy atom. The Bertz CT molecular complexity index is 523. The van der Waals surface area contributed by atoms with E-state index < -0.39 is 0 Å². The van der Waals surface area contributed by atoms with Crippen molar-refractivity contribution in [2.45, 2.75) is 13.3 Å². The van der Waals surface area contributed by atoms with Crippen LogP contribution in [0.4, 0.5) is 0 Å². The topological polar surface area (TPSA) is 39.2 Å². The summed E-state index contributed by atoms with van der Waals surface area (Å²) in [6.45, 7) is 2.48. The number of hydrogen-bond acceptors (Lipinski definition) is 3. The van der Waals surface area contributed by atoms with E-state index in [1.54, 1.807) is 12.3 Å². The molecule has 0 atom stereocenters. The maximum absolute atomic E-state index is 10.7. The van der Waals surface area contributed by atoms with E-state index in [4.69, 9.17) is 4.74 Å². The minimum Gasteiger partial charge on any atom is -0.493 e. The number of carbonyl (C=O) groups is 1. The van der Waals surface area contributed by atoms with Gasteiger partial charge in [0.25, 0.3) is 0 Å². The van der Waals surface area contributed by atoms with E-state index in [2.05, 4.69) is 4.98 Å². The summed E-state index contributed by atoms with van der Waals surface area (Å²) < 4.78 is 5.63. The van der Waals surface area contributed by atoms with E-state index in [1.165, 1.54) is 0 Å². The Hall–Kier alpha value is -2.16. The fraction of sp³-hybridized carbons (Fsp3) is 0.200. The molecule has 3 nitrogen and oxygen atoms in total. The first-order chi connectivity index (χ1) is 8.79. The number of benzene rings is 1. The van der Waals surface area contributed by atoms with Gasteiger partial charge in [-0.15, -0.1) is 0 Å². The maximum Gasteiger partial charge on any atom is 0.150 e. The SMILES string of the molecule is Cc1cc(OCCc2ccccn2)ccc1C=O. The minimum absolute atomic E-state index is 0.580. The summed E-state index contributed by atoms with van der Waals surface area (Å²) in [4.78, 5) is 14.9. The largest absolute Gasteiger partial charge is 0.493 e. The van der Waals surface area contributed by atoms with E-state index in [9.17, 15) is 4.79 Å². The van der Waals surface area contributed by atoms with Crippen molar-refractivity contribution in [3.63, 3.8) is 0 Å². The van der Waals surface area contributed by atoms with Crippen molar-refractivity contribution in [3.05, 3.63) is 59.4 Å². The first kappa shape index (κ1) is 12.3. The van der Waals surface area contributed by atoms with E-state index in [1.807, 2.05) is 37.3 Å². The standard InChI is InChI=1S/C15H15NO2/c1-12-10-15(6-5-13(12)11-17)18-9-7-14-4-2-3-8-16-14/h2-6,8,10-11H,7,9H2,1H3. The molecule has 1 heterocycles. The molecule has 0 N–H and O–H groups in total. The summed E-state index contributed by atoms with van der Waals surface area (Å²) in [6.07, 6.45) is 3.40. The summed E-state index contributed by atoms with van der Waals surface area (Å²) in [5, 5.41) is 0. The normalized spacial score (nSPS) is 10.1. The van der Waals surface area contributed by atoms with Gasteiger partial charge in [-0.3, -0.25) is 9.78 Å². The summed E-state index contributed by atoms with van der Waals surface area (Å²) >= 11 is 0. The number of aromatic nitrogens is 1. The third-order valence-electron chi connectivity index (χ3n) is 2.72. The van der Waals surface area contributed by atoms with Crippen LogP contribution >= 0.6 is 0 Å². The maximum atomic E-state index is 10.7. The number of carbonyl (C=O) groups excluding carboxylic acids is 1. The van der Waals surface area contributed by atoms with Crippen molar-refractivity contribution in [1.82, 2.24) is 4.98 Å². The highest BCUT2D eigenvalue weighted by Crippen LogP contribution is 2.16. The van der Waals surface area contributed by atoms with Gasteiger partial charge in [-0.2, -0.15) is 0 Å². The van der Waals surface area contributed by atoms with Gasteiger partial charge in [-0.25, -0.2) is 0 Å². The van der Waals surface area contributed by atoms with Gasteiger partial charge in [0, 0.05) is 23.9 Å². The zero-order valence-corrected chi connectivity index (χ0v) is 10.3. The molecule has 0 aliphatic rings. The summed E-state index contributed by atoms with van der Waals surface area (Å²) in [5.41, 5.74) is 2.64. The van der Waals surface area contributed by atoms with Crippen LogP contribution in [0.1, 0.15) is 21.6 Å². The third kappa shape index (κ3) is 3.17. The second kappa shape index (κ2) is 5.96. The lowest BCUT2D eigenvalue weighted by atomic mass is 10.1. The molecule has 0 aliphatic carbocycles. The Morgan fingerprint density at radius 1 is 1.28 bits per heavy atom. The van der Waals surface area contributed by atoms with Crippen molar-refractivity contribution in [2.24, 2.45) is 0 Å². The highest BCUT2D eigenvalue weighted by atomic mass is 16.5. The first-order valence-electron chi connectivity index (χ1n) is 5.88. The number of aldehydes is 1. The van der Waals surface area contributed by atoms with E-state index >= 15 is 0 Å². The fourth-order valence-corrected chi connectivity index (χ4v) is 1.69. The zero-order valence-electron chi connectivity index (χ0n) is 10.3. The second-order valence-electron chi connectivity index (χ2n) is 4.06. The smallest absolute Gasteiger partial charge is 0.150 e. The van der Waals surface area contributed by atoms with Crippen LogP contribution in [0.3, 0.4) is 0 Å². The molecule has 92 valence electrons. The highest BCUT2D eigenvalue weighted by molar-refractivity contribution is 5.77. The molecule has 1 aromatic carbocycles. The quantitative estimate of drug-likeness (QED) is 0.756. The lowest BCUT2D eigenvalue weighted by molar-refractivity contribution is 0.112. The number of pyridine rings is 1. The van der Waals surface area contributed by atoms with Gasteiger partial charge in [0.15, 0.2) is 0 Å². The molecule has 0 saturated carbocycles. The molecule has 0 spiro atoms. The van der Waals surface area contributed by atoms with E-state index in [0.29, 0.717) is 12.2 Å². The van der Waals surface area contributed by atoms with Crippen molar-refractivity contribution in [2.75, 3.05) is 6.61 Å². The number of rotatable bonds is 5. The van der Waals surface area contributed by atoms with Crippen LogP contribution in [0.25, 0.3) is 0 Å².